The molecule has 20 heavy (non-hydrogen) atoms. The highest BCUT2D eigenvalue weighted by Crippen LogP contribution is 2.39. The smallest absolute Gasteiger partial charge is 0.378 e. The van der Waals surface area contributed by atoms with Crippen LogP contribution in [-0.2, 0) is 28.6 Å². The second kappa shape index (κ2) is 5.41. The third kappa shape index (κ3) is 2.59. The molecule has 0 N–H and O–H groups in total. The number of alkyl halides is 3. The molecule has 1 aliphatic rings. The number of fused-ring (bicyclic) bond motifs is 1. The molecule has 1 aromatic heterocycles. The van der Waals surface area contributed by atoms with E-state index in [2.05, 4.69) is 0 Å². The van der Waals surface area contributed by atoms with Crippen molar-refractivity contribution < 1.29 is 22.6 Å². The van der Waals surface area contributed by atoms with Crippen LogP contribution >= 0.6 is 0 Å². The van der Waals surface area contributed by atoms with Gasteiger partial charge in [0.25, 0.3) is 0 Å². The number of hydrogen-bond acceptors (Lipinski definition) is 2. The molecule has 1 aliphatic heterocycles. The number of hydrogen-bond donors (Lipinski definition) is 0. The second-order valence-corrected chi connectivity index (χ2v) is 5.45. The number of rotatable bonds is 3. The molecule has 2 unspecified atom stereocenters. The van der Waals surface area contributed by atoms with Crippen LogP contribution in [0.2, 0.25) is 0 Å². The van der Waals surface area contributed by atoms with Gasteiger partial charge in [-0.3, -0.25) is 0 Å². The molecule has 0 spiro atoms. The van der Waals surface area contributed by atoms with Gasteiger partial charge in [0.05, 0.1) is 18.2 Å². The first-order valence-corrected chi connectivity index (χ1v) is 6.64. The molecule has 2 rings (SSSR count). The van der Waals surface area contributed by atoms with Crippen molar-refractivity contribution in [1.82, 2.24) is 4.57 Å². The molecule has 0 amide bonds. The molecule has 0 radical (unpaired) electrons. The minimum Gasteiger partial charge on any atom is -0.378 e. The normalized spacial score (nSPS) is 23.2. The summed E-state index contributed by atoms with van der Waals surface area (Å²) in [5.41, 5.74) is 0.472. The van der Waals surface area contributed by atoms with E-state index >= 15 is 0 Å². The standard InChI is InChI=1S/C14H20F3NO2/c1-8(2)13-10(14(15,16)17)5-9-6-11(19-3)12(20-4)7-18(9)13/h5,8,11-12H,6-7H2,1-4H3. The Balaban J connectivity index is 2.51. The quantitative estimate of drug-likeness (QED) is 0.853. The first-order valence-electron chi connectivity index (χ1n) is 6.64. The molecule has 0 fully saturated rings. The van der Waals surface area contributed by atoms with E-state index in [1.54, 1.807) is 32.6 Å². The van der Waals surface area contributed by atoms with Crippen molar-refractivity contribution >= 4 is 0 Å². The zero-order valence-corrected chi connectivity index (χ0v) is 12.1. The fourth-order valence-electron chi connectivity index (χ4n) is 2.95. The van der Waals surface area contributed by atoms with Crippen LogP contribution in [-0.4, -0.2) is 31.0 Å². The van der Waals surface area contributed by atoms with Gasteiger partial charge in [-0.2, -0.15) is 13.2 Å². The predicted octanol–water partition coefficient (Wildman–Crippen LogP) is 3.22. The molecule has 6 heteroatoms. The van der Waals surface area contributed by atoms with Gasteiger partial charge < -0.3 is 14.0 Å². The molecule has 0 bridgehead atoms. The molecule has 2 atom stereocenters. The zero-order valence-electron chi connectivity index (χ0n) is 12.1. The lowest BCUT2D eigenvalue weighted by Crippen LogP contribution is -2.41. The highest BCUT2D eigenvalue weighted by atomic mass is 19.4. The van der Waals surface area contributed by atoms with Crippen molar-refractivity contribution in [3.05, 3.63) is 23.0 Å². The van der Waals surface area contributed by atoms with Gasteiger partial charge in [-0.1, -0.05) is 13.8 Å². The van der Waals surface area contributed by atoms with Crippen LogP contribution in [0.25, 0.3) is 0 Å². The van der Waals surface area contributed by atoms with Crippen molar-refractivity contribution in [3.8, 4) is 0 Å². The summed E-state index contributed by atoms with van der Waals surface area (Å²) < 4.78 is 52.0. The minimum absolute atomic E-state index is 0.197. The summed E-state index contributed by atoms with van der Waals surface area (Å²) in [6.45, 7) is 3.96. The third-order valence-corrected chi connectivity index (χ3v) is 3.87. The molecule has 0 aromatic carbocycles. The maximum atomic E-state index is 13.2. The average Bonchev–Trinajstić information content (AvgIpc) is 2.75. The third-order valence-electron chi connectivity index (χ3n) is 3.87. The van der Waals surface area contributed by atoms with E-state index in [9.17, 15) is 13.2 Å². The predicted molar refractivity (Wildman–Crippen MR) is 68.8 cm³/mol. The van der Waals surface area contributed by atoms with Crippen molar-refractivity contribution in [2.45, 2.75) is 51.1 Å². The van der Waals surface area contributed by atoms with Crippen molar-refractivity contribution in [2.75, 3.05) is 14.2 Å². The van der Waals surface area contributed by atoms with Gasteiger partial charge in [-0.25, -0.2) is 0 Å². The van der Waals surface area contributed by atoms with Crippen molar-refractivity contribution in [2.24, 2.45) is 0 Å². The Kier molecular flexibility index (Phi) is 4.16. The van der Waals surface area contributed by atoms with Gasteiger partial charge in [-0.15, -0.1) is 0 Å². The van der Waals surface area contributed by atoms with Gasteiger partial charge in [0.15, 0.2) is 0 Å². The monoisotopic (exact) mass is 291 g/mol. The zero-order chi connectivity index (χ0) is 15.1. The first-order chi connectivity index (χ1) is 9.29. The van der Waals surface area contributed by atoms with E-state index in [-0.39, 0.29) is 18.1 Å². The van der Waals surface area contributed by atoms with Gasteiger partial charge in [0.1, 0.15) is 6.10 Å². The fourth-order valence-corrected chi connectivity index (χ4v) is 2.95. The van der Waals surface area contributed by atoms with Gasteiger partial charge in [-0.05, 0) is 12.0 Å². The Morgan fingerprint density at radius 3 is 2.25 bits per heavy atom. The van der Waals surface area contributed by atoms with E-state index in [0.717, 1.165) is 0 Å². The molecular formula is C14H20F3NO2. The molecule has 0 saturated carbocycles. The Bertz CT molecular complexity index is 479. The lowest BCUT2D eigenvalue weighted by atomic mass is 10.0. The molecule has 1 aromatic rings. The van der Waals surface area contributed by atoms with Crippen LogP contribution in [0.4, 0.5) is 13.2 Å². The van der Waals surface area contributed by atoms with E-state index in [0.29, 0.717) is 24.4 Å². The van der Waals surface area contributed by atoms with E-state index in [1.807, 2.05) is 0 Å². The van der Waals surface area contributed by atoms with Gasteiger partial charge in [0.2, 0.25) is 0 Å². The van der Waals surface area contributed by atoms with Crippen LogP contribution < -0.4 is 0 Å². The summed E-state index contributed by atoms with van der Waals surface area (Å²) in [4.78, 5) is 0. The van der Waals surface area contributed by atoms with Gasteiger partial charge in [0, 0.05) is 32.0 Å². The molecular weight excluding hydrogens is 271 g/mol. The lowest BCUT2D eigenvalue weighted by molar-refractivity contribution is -0.138. The first kappa shape index (κ1) is 15.4. The van der Waals surface area contributed by atoms with Crippen LogP contribution in [0.5, 0.6) is 0 Å². The number of aromatic nitrogens is 1. The maximum absolute atomic E-state index is 13.2. The second-order valence-electron chi connectivity index (χ2n) is 5.45. The Hall–Kier alpha value is -1.01. The van der Waals surface area contributed by atoms with Crippen molar-refractivity contribution in [1.29, 1.82) is 0 Å². The molecule has 114 valence electrons. The van der Waals surface area contributed by atoms with Crippen LogP contribution in [0.15, 0.2) is 6.07 Å². The summed E-state index contributed by atoms with van der Waals surface area (Å²) in [7, 11) is 3.12. The molecule has 0 aliphatic carbocycles. The lowest BCUT2D eigenvalue weighted by Gasteiger charge is -2.32. The highest BCUT2D eigenvalue weighted by Gasteiger charge is 2.40. The van der Waals surface area contributed by atoms with Crippen LogP contribution in [0.3, 0.4) is 0 Å². The summed E-state index contributed by atoms with van der Waals surface area (Å²) in [5.74, 6) is -0.197. The Labute approximate surface area is 116 Å². The van der Waals surface area contributed by atoms with E-state index in [1.165, 1.54) is 6.07 Å². The van der Waals surface area contributed by atoms with Crippen molar-refractivity contribution in [3.63, 3.8) is 0 Å². The van der Waals surface area contributed by atoms with Crippen LogP contribution in [0.1, 0.15) is 36.7 Å². The minimum atomic E-state index is -4.32. The highest BCUT2D eigenvalue weighted by molar-refractivity contribution is 5.34. The molecule has 3 nitrogen and oxygen atoms in total. The van der Waals surface area contributed by atoms with E-state index < -0.39 is 11.7 Å². The SMILES string of the molecule is COC1Cc2cc(C(F)(F)F)c(C(C)C)n2CC1OC. The average molecular weight is 291 g/mol. The summed E-state index contributed by atoms with van der Waals surface area (Å²) in [6.07, 6.45) is -4.32. The molecule has 2 heterocycles. The number of nitrogens with zero attached hydrogens (tertiary/aromatic N) is 1. The summed E-state index contributed by atoms with van der Waals surface area (Å²) in [5, 5.41) is 0. The summed E-state index contributed by atoms with van der Waals surface area (Å²) >= 11 is 0. The van der Waals surface area contributed by atoms with E-state index in [4.69, 9.17) is 9.47 Å². The van der Waals surface area contributed by atoms with Crippen LogP contribution in [0, 0.1) is 0 Å². The Morgan fingerprint density at radius 2 is 1.80 bits per heavy atom. The summed E-state index contributed by atoms with van der Waals surface area (Å²) in [6, 6.07) is 1.26. The Morgan fingerprint density at radius 1 is 1.20 bits per heavy atom. The number of halogens is 3. The largest absolute Gasteiger partial charge is 0.418 e. The van der Waals surface area contributed by atoms with Gasteiger partial charge >= 0.3 is 6.18 Å². The number of ether oxygens (including phenoxy) is 2. The topological polar surface area (TPSA) is 23.4 Å². The fraction of sp³-hybridized carbons (Fsp3) is 0.714. The number of methoxy groups -OCH3 is 2. The maximum Gasteiger partial charge on any atom is 0.418 e. The molecule has 0 saturated heterocycles.